The monoisotopic (exact) mass is 415 g/mol. The summed E-state index contributed by atoms with van der Waals surface area (Å²) in [6, 6.07) is 8.28. The van der Waals surface area contributed by atoms with Gasteiger partial charge in [0.05, 0.1) is 11.1 Å². The highest BCUT2D eigenvalue weighted by atomic mass is 35.5. The van der Waals surface area contributed by atoms with Crippen molar-refractivity contribution in [2.24, 2.45) is 0 Å². The molecule has 2 aromatic rings. The number of hydrogen-bond acceptors (Lipinski definition) is 5. The van der Waals surface area contributed by atoms with Gasteiger partial charge in [0.2, 0.25) is 10.0 Å². The van der Waals surface area contributed by atoms with Crippen molar-refractivity contribution in [1.82, 2.24) is 14.5 Å². The average molecular weight is 416 g/mol. The standard InChI is InChI=1S/C17H22ClN3O3S2/c1-20(2)14(15-6-5-9-25-15)11-19-17(22)12-7-8-13(18)16(10-12)26(23,24)21(3)4/h5-10,14H,11H2,1-4H3,(H,19,22). The smallest absolute Gasteiger partial charge is 0.251 e. The molecule has 0 spiro atoms. The maximum Gasteiger partial charge on any atom is 0.251 e. The van der Waals surface area contributed by atoms with Crippen LogP contribution in [-0.2, 0) is 10.0 Å². The lowest BCUT2D eigenvalue weighted by Crippen LogP contribution is -2.34. The molecule has 0 saturated carbocycles. The van der Waals surface area contributed by atoms with Crippen molar-refractivity contribution in [2.45, 2.75) is 10.9 Å². The van der Waals surface area contributed by atoms with Crippen LogP contribution in [-0.4, -0.2) is 58.3 Å². The summed E-state index contributed by atoms with van der Waals surface area (Å²) < 4.78 is 25.8. The molecule has 142 valence electrons. The lowest BCUT2D eigenvalue weighted by molar-refractivity contribution is 0.0942. The van der Waals surface area contributed by atoms with Gasteiger partial charge in [-0.3, -0.25) is 4.79 Å². The van der Waals surface area contributed by atoms with Gasteiger partial charge in [0, 0.05) is 31.1 Å². The summed E-state index contributed by atoms with van der Waals surface area (Å²) in [6.07, 6.45) is 0. The van der Waals surface area contributed by atoms with Gasteiger partial charge in [0.25, 0.3) is 5.91 Å². The maximum absolute atomic E-state index is 12.5. The summed E-state index contributed by atoms with van der Waals surface area (Å²) in [6.45, 7) is 0.407. The van der Waals surface area contributed by atoms with Crippen molar-refractivity contribution < 1.29 is 13.2 Å². The van der Waals surface area contributed by atoms with Crippen molar-refractivity contribution >= 4 is 38.9 Å². The number of nitrogens with one attached hydrogen (secondary N) is 1. The van der Waals surface area contributed by atoms with E-state index in [1.54, 1.807) is 11.3 Å². The number of thiophene rings is 1. The van der Waals surface area contributed by atoms with Crippen LogP contribution in [0.15, 0.2) is 40.6 Å². The number of sulfonamides is 1. The topological polar surface area (TPSA) is 69.7 Å². The van der Waals surface area contributed by atoms with Gasteiger partial charge < -0.3 is 10.2 Å². The fourth-order valence-electron chi connectivity index (χ4n) is 2.35. The molecular formula is C17H22ClN3O3S2. The first kappa shape index (κ1) is 20.9. The van der Waals surface area contributed by atoms with E-state index in [0.717, 1.165) is 9.18 Å². The molecule has 1 heterocycles. The molecule has 1 amide bonds. The zero-order chi connectivity index (χ0) is 19.5. The zero-order valence-electron chi connectivity index (χ0n) is 15.1. The van der Waals surface area contributed by atoms with Gasteiger partial charge in [-0.2, -0.15) is 0 Å². The van der Waals surface area contributed by atoms with E-state index in [1.165, 1.54) is 32.3 Å². The number of carbonyl (C=O) groups excluding carboxylic acids is 1. The van der Waals surface area contributed by atoms with E-state index in [1.807, 2.05) is 36.5 Å². The maximum atomic E-state index is 12.5. The van der Waals surface area contributed by atoms with E-state index in [-0.39, 0.29) is 27.4 Å². The summed E-state index contributed by atoms with van der Waals surface area (Å²) in [7, 11) is 3.00. The van der Waals surface area contributed by atoms with Gasteiger partial charge in [-0.1, -0.05) is 17.7 Å². The lowest BCUT2D eigenvalue weighted by atomic mass is 10.2. The van der Waals surface area contributed by atoms with E-state index in [0.29, 0.717) is 6.54 Å². The van der Waals surface area contributed by atoms with Gasteiger partial charge in [-0.15, -0.1) is 11.3 Å². The van der Waals surface area contributed by atoms with Crippen molar-refractivity contribution in [3.63, 3.8) is 0 Å². The third-order valence-electron chi connectivity index (χ3n) is 3.90. The summed E-state index contributed by atoms with van der Waals surface area (Å²) in [4.78, 5) is 15.6. The first-order valence-electron chi connectivity index (χ1n) is 7.84. The van der Waals surface area contributed by atoms with Crippen molar-refractivity contribution in [2.75, 3.05) is 34.7 Å². The van der Waals surface area contributed by atoms with Gasteiger partial charge in [-0.25, -0.2) is 12.7 Å². The fraction of sp³-hybridized carbons (Fsp3) is 0.353. The lowest BCUT2D eigenvalue weighted by Gasteiger charge is -2.23. The minimum atomic E-state index is -3.73. The third-order valence-corrected chi connectivity index (χ3v) is 7.17. The largest absolute Gasteiger partial charge is 0.350 e. The fourth-order valence-corrected chi connectivity index (χ4v) is 4.67. The first-order chi connectivity index (χ1) is 12.1. The quantitative estimate of drug-likeness (QED) is 0.754. The number of rotatable bonds is 7. The first-order valence-corrected chi connectivity index (χ1v) is 10.5. The molecule has 1 aromatic carbocycles. The molecule has 6 nitrogen and oxygen atoms in total. The molecule has 0 bridgehead atoms. The number of likely N-dealkylation sites (N-methyl/N-ethyl adjacent to an activating group) is 1. The number of benzene rings is 1. The van der Waals surface area contributed by atoms with E-state index in [2.05, 4.69) is 5.32 Å². The molecule has 0 radical (unpaired) electrons. The van der Waals surface area contributed by atoms with Crippen LogP contribution in [0.1, 0.15) is 21.3 Å². The number of carbonyl (C=O) groups is 1. The average Bonchev–Trinajstić information content (AvgIpc) is 3.08. The van der Waals surface area contributed by atoms with Gasteiger partial charge >= 0.3 is 0 Å². The van der Waals surface area contributed by atoms with Crippen molar-refractivity contribution in [3.05, 3.63) is 51.2 Å². The Bertz CT molecular complexity index is 865. The molecule has 0 saturated heterocycles. The molecule has 1 N–H and O–H groups in total. The van der Waals surface area contributed by atoms with Gasteiger partial charge in [0.15, 0.2) is 0 Å². The highest BCUT2D eigenvalue weighted by Crippen LogP contribution is 2.25. The Balaban J connectivity index is 2.20. The molecule has 2 rings (SSSR count). The van der Waals surface area contributed by atoms with Crippen LogP contribution in [0.2, 0.25) is 5.02 Å². The molecule has 0 aliphatic heterocycles. The second-order valence-corrected chi connectivity index (χ2v) is 9.64. The SMILES string of the molecule is CN(C)C(CNC(=O)c1ccc(Cl)c(S(=O)(=O)N(C)C)c1)c1cccs1. The molecule has 1 unspecified atom stereocenters. The van der Waals surface area contributed by atoms with Crippen LogP contribution >= 0.6 is 22.9 Å². The normalized spacial score (nSPS) is 13.2. The van der Waals surface area contributed by atoms with E-state index >= 15 is 0 Å². The van der Waals surface area contributed by atoms with E-state index in [9.17, 15) is 13.2 Å². The highest BCUT2D eigenvalue weighted by Gasteiger charge is 2.23. The molecule has 1 atom stereocenters. The Morgan fingerprint density at radius 1 is 1.23 bits per heavy atom. The Morgan fingerprint density at radius 2 is 1.92 bits per heavy atom. The Labute approximate surface area is 163 Å². The van der Waals surface area contributed by atoms with Crippen LogP contribution in [0.4, 0.5) is 0 Å². The predicted octanol–water partition coefficient (Wildman–Crippen LogP) is 2.68. The van der Waals surface area contributed by atoms with Gasteiger partial charge in [-0.05, 0) is 43.7 Å². The van der Waals surface area contributed by atoms with Crippen molar-refractivity contribution in [3.8, 4) is 0 Å². The van der Waals surface area contributed by atoms with Gasteiger partial charge in [0.1, 0.15) is 4.90 Å². The van der Waals surface area contributed by atoms with Crippen LogP contribution < -0.4 is 5.32 Å². The molecule has 0 fully saturated rings. The zero-order valence-corrected chi connectivity index (χ0v) is 17.5. The molecule has 9 heteroatoms. The third kappa shape index (κ3) is 4.63. The van der Waals surface area contributed by atoms with Crippen LogP contribution in [0.5, 0.6) is 0 Å². The number of amides is 1. The predicted molar refractivity (Wildman–Crippen MR) is 105 cm³/mol. The van der Waals surface area contributed by atoms with Crippen molar-refractivity contribution in [1.29, 1.82) is 0 Å². The minimum absolute atomic E-state index is 0.0382. The number of halogens is 1. The van der Waals surface area contributed by atoms with E-state index in [4.69, 9.17) is 11.6 Å². The molecule has 0 aliphatic carbocycles. The molecule has 1 aromatic heterocycles. The Kier molecular flexibility index (Phi) is 6.81. The summed E-state index contributed by atoms with van der Waals surface area (Å²) in [5, 5.41) is 4.95. The number of nitrogens with zero attached hydrogens (tertiary/aromatic N) is 2. The second-order valence-electron chi connectivity index (χ2n) is 6.14. The highest BCUT2D eigenvalue weighted by molar-refractivity contribution is 7.89. The summed E-state index contributed by atoms with van der Waals surface area (Å²) >= 11 is 7.65. The number of hydrogen-bond donors (Lipinski definition) is 1. The summed E-state index contributed by atoms with van der Waals surface area (Å²) in [5.74, 6) is -0.347. The Hall–Kier alpha value is -1.45. The molecule has 26 heavy (non-hydrogen) atoms. The summed E-state index contributed by atoms with van der Waals surface area (Å²) in [5.41, 5.74) is 0.249. The van der Waals surface area contributed by atoms with Crippen LogP contribution in [0, 0.1) is 0 Å². The van der Waals surface area contributed by atoms with Crippen LogP contribution in [0.3, 0.4) is 0 Å². The van der Waals surface area contributed by atoms with Crippen LogP contribution in [0.25, 0.3) is 0 Å². The van der Waals surface area contributed by atoms with E-state index < -0.39 is 10.0 Å². The second kappa shape index (κ2) is 8.49. The molecule has 0 aliphatic rings. The minimum Gasteiger partial charge on any atom is -0.350 e. The Morgan fingerprint density at radius 3 is 2.46 bits per heavy atom. The molecular weight excluding hydrogens is 394 g/mol.